The van der Waals surface area contributed by atoms with Gasteiger partial charge >= 0.3 is 0 Å². The molecule has 2 fully saturated rings. The van der Waals surface area contributed by atoms with Crippen LogP contribution in [0.3, 0.4) is 0 Å². The molecule has 1 aromatic carbocycles. The minimum atomic E-state index is -0.681. The van der Waals surface area contributed by atoms with Crippen LogP contribution in [0, 0.1) is 0 Å². The first-order valence-electron chi connectivity index (χ1n) is 7.40. The quantitative estimate of drug-likeness (QED) is 0.857. The van der Waals surface area contributed by atoms with Crippen molar-refractivity contribution in [3.8, 4) is 0 Å². The average molecular weight is 261 g/mol. The van der Waals surface area contributed by atoms with Gasteiger partial charge in [-0.1, -0.05) is 24.3 Å². The molecule has 3 nitrogen and oxygen atoms in total. The third-order valence-corrected chi connectivity index (χ3v) is 4.56. The van der Waals surface area contributed by atoms with E-state index in [1.807, 2.05) is 6.07 Å². The van der Waals surface area contributed by atoms with Crippen LogP contribution in [0.1, 0.15) is 42.7 Å². The van der Waals surface area contributed by atoms with Crippen molar-refractivity contribution < 1.29 is 9.84 Å². The summed E-state index contributed by atoms with van der Waals surface area (Å²) in [5.41, 5.74) is 1.82. The van der Waals surface area contributed by atoms with Crippen molar-refractivity contribution in [2.75, 3.05) is 26.3 Å². The highest BCUT2D eigenvalue weighted by atomic mass is 16.5. The number of hydrogen-bond donors (Lipinski definition) is 2. The lowest BCUT2D eigenvalue weighted by molar-refractivity contribution is -0.0686. The Morgan fingerprint density at radius 2 is 1.79 bits per heavy atom. The Morgan fingerprint density at radius 3 is 2.53 bits per heavy atom. The smallest absolute Gasteiger partial charge is 0.0943 e. The molecule has 2 N–H and O–H groups in total. The summed E-state index contributed by atoms with van der Waals surface area (Å²) in [6.07, 6.45) is 3.77. The number of rotatable bonds is 2. The van der Waals surface area contributed by atoms with Crippen LogP contribution in [-0.4, -0.2) is 31.4 Å². The van der Waals surface area contributed by atoms with Crippen LogP contribution < -0.4 is 5.32 Å². The summed E-state index contributed by atoms with van der Waals surface area (Å²) in [6.45, 7) is 3.50. The third kappa shape index (κ3) is 2.69. The summed E-state index contributed by atoms with van der Waals surface area (Å²) >= 11 is 0. The van der Waals surface area contributed by atoms with E-state index < -0.39 is 5.60 Å². The highest BCUT2D eigenvalue weighted by Crippen LogP contribution is 2.38. The molecular weight excluding hydrogens is 238 g/mol. The standard InChI is InChI=1S/C16H23NO2/c18-16(7-11-19-12-8-16)15-4-2-1-3-14(15)13-5-9-17-10-6-13/h1-4,13,17-18H,5-12H2. The Hall–Kier alpha value is -0.900. The van der Waals surface area contributed by atoms with Crippen molar-refractivity contribution in [1.29, 1.82) is 0 Å². The van der Waals surface area contributed by atoms with Gasteiger partial charge in [-0.3, -0.25) is 0 Å². The molecule has 0 bridgehead atoms. The largest absolute Gasteiger partial charge is 0.385 e. The molecule has 3 rings (SSSR count). The molecule has 0 aromatic heterocycles. The molecule has 0 spiro atoms. The number of ether oxygens (including phenoxy) is 1. The monoisotopic (exact) mass is 261 g/mol. The Bertz CT molecular complexity index is 421. The molecular formula is C16H23NO2. The number of nitrogens with one attached hydrogen (secondary N) is 1. The van der Waals surface area contributed by atoms with Crippen LogP contribution in [-0.2, 0) is 10.3 Å². The lowest BCUT2D eigenvalue weighted by Crippen LogP contribution is -2.35. The summed E-state index contributed by atoms with van der Waals surface area (Å²) in [5, 5.41) is 14.4. The highest BCUT2D eigenvalue weighted by molar-refractivity contribution is 5.35. The van der Waals surface area contributed by atoms with Gasteiger partial charge in [0, 0.05) is 26.1 Å². The van der Waals surface area contributed by atoms with Crippen molar-refractivity contribution >= 4 is 0 Å². The van der Waals surface area contributed by atoms with Gasteiger partial charge in [-0.15, -0.1) is 0 Å². The summed E-state index contributed by atoms with van der Waals surface area (Å²) in [4.78, 5) is 0. The number of piperidine rings is 1. The van der Waals surface area contributed by atoms with Gasteiger partial charge in [-0.2, -0.15) is 0 Å². The molecule has 2 aliphatic heterocycles. The van der Waals surface area contributed by atoms with Gasteiger partial charge in [0.05, 0.1) is 5.60 Å². The maximum absolute atomic E-state index is 11.0. The molecule has 0 unspecified atom stereocenters. The van der Waals surface area contributed by atoms with Crippen molar-refractivity contribution in [2.45, 2.75) is 37.2 Å². The molecule has 0 aliphatic carbocycles. The first-order valence-corrected chi connectivity index (χ1v) is 7.40. The van der Waals surface area contributed by atoms with Crippen LogP contribution in [0.4, 0.5) is 0 Å². The maximum Gasteiger partial charge on any atom is 0.0943 e. The van der Waals surface area contributed by atoms with Crippen molar-refractivity contribution in [3.63, 3.8) is 0 Å². The van der Waals surface area contributed by atoms with Crippen LogP contribution >= 0.6 is 0 Å². The van der Waals surface area contributed by atoms with E-state index in [9.17, 15) is 5.11 Å². The minimum absolute atomic E-state index is 0.587. The lowest BCUT2D eigenvalue weighted by atomic mass is 9.78. The molecule has 2 saturated heterocycles. The summed E-state index contributed by atoms with van der Waals surface area (Å²) in [5.74, 6) is 0.587. The zero-order valence-corrected chi connectivity index (χ0v) is 11.4. The minimum Gasteiger partial charge on any atom is -0.385 e. The van der Waals surface area contributed by atoms with E-state index in [1.165, 1.54) is 18.4 Å². The molecule has 0 atom stereocenters. The second kappa shape index (κ2) is 5.61. The molecule has 0 radical (unpaired) electrons. The number of hydrogen-bond acceptors (Lipinski definition) is 3. The second-order valence-electron chi connectivity index (χ2n) is 5.76. The fraction of sp³-hybridized carbons (Fsp3) is 0.625. The molecule has 3 heteroatoms. The van der Waals surface area contributed by atoms with Crippen LogP contribution in [0.25, 0.3) is 0 Å². The summed E-state index contributed by atoms with van der Waals surface area (Å²) in [6, 6.07) is 8.47. The third-order valence-electron chi connectivity index (χ3n) is 4.56. The molecule has 1 aromatic rings. The van der Waals surface area contributed by atoms with E-state index in [1.54, 1.807) is 0 Å². The molecule has 19 heavy (non-hydrogen) atoms. The Morgan fingerprint density at radius 1 is 1.11 bits per heavy atom. The Balaban J connectivity index is 1.91. The topological polar surface area (TPSA) is 41.5 Å². The van der Waals surface area contributed by atoms with Gasteiger partial charge in [0.15, 0.2) is 0 Å². The molecule has 0 saturated carbocycles. The predicted molar refractivity (Wildman–Crippen MR) is 75.2 cm³/mol. The van der Waals surface area contributed by atoms with E-state index in [4.69, 9.17) is 4.74 Å². The van der Waals surface area contributed by atoms with Gasteiger partial charge in [0.1, 0.15) is 0 Å². The first-order chi connectivity index (χ1) is 9.30. The van der Waals surface area contributed by atoms with E-state index in [0.29, 0.717) is 19.1 Å². The highest BCUT2D eigenvalue weighted by Gasteiger charge is 2.35. The van der Waals surface area contributed by atoms with E-state index in [-0.39, 0.29) is 0 Å². The van der Waals surface area contributed by atoms with Gasteiger partial charge in [-0.05, 0) is 43.0 Å². The average Bonchev–Trinajstić information content (AvgIpc) is 2.49. The normalized spacial score (nSPS) is 24.3. The van der Waals surface area contributed by atoms with E-state index in [0.717, 1.165) is 31.5 Å². The van der Waals surface area contributed by atoms with Gasteiger partial charge in [-0.25, -0.2) is 0 Å². The van der Waals surface area contributed by atoms with Gasteiger partial charge in [0.25, 0.3) is 0 Å². The van der Waals surface area contributed by atoms with Crippen molar-refractivity contribution in [2.24, 2.45) is 0 Å². The van der Waals surface area contributed by atoms with Crippen LogP contribution in [0.2, 0.25) is 0 Å². The maximum atomic E-state index is 11.0. The second-order valence-corrected chi connectivity index (χ2v) is 5.76. The van der Waals surface area contributed by atoms with E-state index >= 15 is 0 Å². The van der Waals surface area contributed by atoms with Gasteiger partial charge < -0.3 is 15.2 Å². The first kappa shape index (κ1) is 13.1. The summed E-state index contributed by atoms with van der Waals surface area (Å²) in [7, 11) is 0. The number of benzene rings is 1. The number of aliphatic hydroxyl groups is 1. The molecule has 104 valence electrons. The van der Waals surface area contributed by atoms with Gasteiger partial charge in [0.2, 0.25) is 0 Å². The lowest BCUT2D eigenvalue weighted by Gasteiger charge is -2.36. The predicted octanol–water partition coefficient (Wildman–Crippen LogP) is 2.15. The fourth-order valence-corrected chi connectivity index (χ4v) is 3.39. The summed E-state index contributed by atoms with van der Waals surface area (Å²) < 4.78 is 5.40. The SMILES string of the molecule is OC1(c2ccccc2C2CCNCC2)CCOCC1. The molecule has 0 amide bonds. The zero-order valence-electron chi connectivity index (χ0n) is 11.4. The van der Waals surface area contributed by atoms with E-state index in [2.05, 4.69) is 23.5 Å². The zero-order chi connectivity index (χ0) is 13.1. The Kier molecular flexibility index (Phi) is 3.87. The Labute approximate surface area is 115 Å². The van der Waals surface area contributed by atoms with Crippen molar-refractivity contribution in [3.05, 3.63) is 35.4 Å². The van der Waals surface area contributed by atoms with Crippen molar-refractivity contribution in [1.82, 2.24) is 5.32 Å². The fourth-order valence-electron chi connectivity index (χ4n) is 3.39. The van der Waals surface area contributed by atoms with Crippen LogP contribution in [0.5, 0.6) is 0 Å². The van der Waals surface area contributed by atoms with Crippen LogP contribution in [0.15, 0.2) is 24.3 Å². The molecule has 2 aliphatic rings. The molecule has 2 heterocycles.